The Kier molecular flexibility index (Phi) is 5.20. The van der Waals surface area contributed by atoms with Crippen LogP contribution in [0.4, 0.5) is 5.69 Å². The zero-order chi connectivity index (χ0) is 17.0. The van der Waals surface area contributed by atoms with Gasteiger partial charge in [-0.2, -0.15) is 0 Å². The van der Waals surface area contributed by atoms with Crippen LogP contribution in [-0.4, -0.2) is 38.2 Å². The number of fused-ring (bicyclic) bond motifs is 1. The molecule has 1 atom stereocenters. The summed E-state index contributed by atoms with van der Waals surface area (Å²) < 4.78 is 25.5. The Balaban J connectivity index is 2.41. The number of pyridine rings is 1. The van der Waals surface area contributed by atoms with Gasteiger partial charge in [0.05, 0.1) is 17.5 Å². The van der Waals surface area contributed by atoms with Crippen molar-refractivity contribution in [2.75, 3.05) is 17.1 Å². The number of nitrogens with zero attached hydrogens (tertiary/aromatic N) is 2. The van der Waals surface area contributed by atoms with Gasteiger partial charge in [-0.15, -0.1) is 0 Å². The maximum Gasteiger partial charge on any atom is 0.240 e. The average Bonchev–Trinajstić information content (AvgIpc) is 2.51. The minimum absolute atomic E-state index is 0.00504. The highest BCUT2D eigenvalue weighted by Gasteiger charge is 2.23. The first-order valence-corrected chi connectivity index (χ1v) is 9.28. The number of nitrogens with one attached hydrogen (secondary N) is 1. The van der Waals surface area contributed by atoms with Gasteiger partial charge < -0.3 is 5.32 Å². The van der Waals surface area contributed by atoms with E-state index < -0.39 is 10.0 Å². The van der Waals surface area contributed by atoms with E-state index in [1.54, 1.807) is 24.4 Å². The van der Waals surface area contributed by atoms with E-state index in [1.165, 1.54) is 0 Å². The van der Waals surface area contributed by atoms with Crippen LogP contribution in [0.3, 0.4) is 0 Å². The smallest absolute Gasteiger partial charge is 0.240 e. The fraction of sp³-hybridized carbons (Fsp3) is 0.375. The predicted molar refractivity (Wildman–Crippen MR) is 91.8 cm³/mol. The van der Waals surface area contributed by atoms with Gasteiger partial charge in [0.25, 0.3) is 0 Å². The Morgan fingerprint density at radius 2 is 2.00 bits per heavy atom. The summed E-state index contributed by atoms with van der Waals surface area (Å²) in [5.41, 5.74) is 0.960. The quantitative estimate of drug-likeness (QED) is 0.874. The number of carbonyl (C=O) groups is 1. The van der Waals surface area contributed by atoms with E-state index in [0.29, 0.717) is 11.2 Å². The van der Waals surface area contributed by atoms with Crippen molar-refractivity contribution in [3.05, 3.63) is 36.5 Å². The summed E-state index contributed by atoms with van der Waals surface area (Å²) in [6.07, 6.45) is 3.47. The van der Waals surface area contributed by atoms with E-state index in [9.17, 15) is 13.2 Å². The first-order valence-electron chi connectivity index (χ1n) is 7.43. The third-order valence-electron chi connectivity index (χ3n) is 3.59. The molecule has 2 aromatic rings. The second kappa shape index (κ2) is 6.95. The molecule has 124 valence electrons. The Bertz CT molecular complexity index is 800. The number of sulfonamides is 1. The van der Waals surface area contributed by atoms with Crippen LogP contribution in [0.5, 0.6) is 0 Å². The Hall–Kier alpha value is -2.15. The third-order valence-corrected chi connectivity index (χ3v) is 4.71. The molecule has 0 aliphatic heterocycles. The number of benzene rings is 1. The third kappa shape index (κ3) is 4.19. The van der Waals surface area contributed by atoms with Gasteiger partial charge in [0.15, 0.2) is 0 Å². The van der Waals surface area contributed by atoms with Gasteiger partial charge >= 0.3 is 0 Å². The van der Waals surface area contributed by atoms with Crippen molar-refractivity contribution in [1.82, 2.24) is 10.3 Å². The van der Waals surface area contributed by atoms with Crippen LogP contribution in [0.2, 0.25) is 0 Å². The molecule has 0 aliphatic rings. The van der Waals surface area contributed by atoms with Crippen LogP contribution in [0.1, 0.15) is 20.3 Å². The lowest BCUT2D eigenvalue weighted by Gasteiger charge is -2.23. The molecule has 1 heterocycles. The van der Waals surface area contributed by atoms with Crippen molar-refractivity contribution in [3.8, 4) is 0 Å². The fourth-order valence-corrected chi connectivity index (χ4v) is 3.08. The molecule has 0 aliphatic carbocycles. The Labute approximate surface area is 136 Å². The second-order valence-corrected chi connectivity index (χ2v) is 7.41. The van der Waals surface area contributed by atoms with Crippen molar-refractivity contribution in [2.24, 2.45) is 0 Å². The monoisotopic (exact) mass is 335 g/mol. The summed E-state index contributed by atoms with van der Waals surface area (Å²) in [7, 11) is -3.61. The van der Waals surface area contributed by atoms with Gasteiger partial charge in [-0.1, -0.05) is 25.1 Å². The highest BCUT2D eigenvalue weighted by atomic mass is 32.2. The number of para-hydroxylation sites is 1. The normalized spacial score (nSPS) is 12.8. The van der Waals surface area contributed by atoms with Gasteiger partial charge in [0.2, 0.25) is 15.9 Å². The van der Waals surface area contributed by atoms with Crippen LogP contribution in [0.25, 0.3) is 10.9 Å². The fourth-order valence-electron chi connectivity index (χ4n) is 2.22. The molecule has 6 nitrogen and oxygen atoms in total. The summed E-state index contributed by atoms with van der Waals surface area (Å²) in [6.45, 7) is 3.56. The number of aromatic nitrogens is 1. The first kappa shape index (κ1) is 17.2. The van der Waals surface area contributed by atoms with Crippen LogP contribution in [0.15, 0.2) is 36.5 Å². The molecule has 0 saturated carbocycles. The second-order valence-electron chi connectivity index (χ2n) is 5.50. The average molecular weight is 335 g/mol. The molecular formula is C16H21N3O3S. The molecule has 1 aromatic carbocycles. The Morgan fingerprint density at radius 1 is 1.30 bits per heavy atom. The first-order chi connectivity index (χ1) is 10.8. The summed E-state index contributed by atoms with van der Waals surface area (Å²) in [5, 5.41) is 3.60. The molecular weight excluding hydrogens is 314 g/mol. The van der Waals surface area contributed by atoms with Crippen LogP contribution < -0.4 is 9.62 Å². The SMILES string of the molecule is CCC(C)NC(=O)CN(c1cccc2cccnc12)S(C)(=O)=O. The molecule has 1 amide bonds. The lowest BCUT2D eigenvalue weighted by atomic mass is 10.2. The highest BCUT2D eigenvalue weighted by molar-refractivity contribution is 7.92. The van der Waals surface area contributed by atoms with Crippen LogP contribution in [0, 0.1) is 0 Å². The lowest BCUT2D eigenvalue weighted by molar-refractivity contribution is -0.120. The molecule has 0 radical (unpaired) electrons. The highest BCUT2D eigenvalue weighted by Crippen LogP contribution is 2.26. The molecule has 0 spiro atoms. The molecule has 23 heavy (non-hydrogen) atoms. The van der Waals surface area contributed by atoms with E-state index in [1.807, 2.05) is 26.0 Å². The summed E-state index contributed by atoms with van der Waals surface area (Å²) >= 11 is 0. The van der Waals surface area contributed by atoms with E-state index in [4.69, 9.17) is 0 Å². The maximum absolute atomic E-state index is 12.2. The number of anilines is 1. The van der Waals surface area contributed by atoms with Gasteiger partial charge in [-0.05, 0) is 25.5 Å². The van der Waals surface area contributed by atoms with Crippen molar-refractivity contribution in [3.63, 3.8) is 0 Å². The largest absolute Gasteiger partial charge is 0.352 e. The van der Waals surface area contributed by atoms with E-state index in [0.717, 1.165) is 22.4 Å². The van der Waals surface area contributed by atoms with E-state index in [2.05, 4.69) is 10.3 Å². The standard InChI is InChI=1S/C16H21N3O3S/c1-4-12(2)18-15(20)11-19(23(3,21)22)14-9-5-7-13-8-6-10-17-16(13)14/h5-10,12H,4,11H2,1-3H3,(H,18,20). The van der Waals surface area contributed by atoms with Gasteiger partial charge in [0, 0.05) is 17.6 Å². The summed E-state index contributed by atoms with van der Waals surface area (Å²) in [6, 6.07) is 8.90. The van der Waals surface area contributed by atoms with Crippen molar-refractivity contribution in [1.29, 1.82) is 0 Å². The minimum atomic E-state index is -3.61. The van der Waals surface area contributed by atoms with E-state index in [-0.39, 0.29) is 18.5 Å². The molecule has 2 rings (SSSR count). The molecule has 0 saturated heterocycles. The molecule has 0 bridgehead atoms. The minimum Gasteiger partial charge on any atom is -0.352 e. The maximum atomic E-state index is 12.2. The van der Waals surface area contributed by atoms with Gasteiger partial charge in [-0.25, -0.2) is 8.42 Å². The summed E-state index contributed by atoms with van der Waals surface area (Å²) in [4.78, 5) is 16.4. The number of hydrogen-bond donors (Lipinski definition) is 1. The number of carbonyl (C=O) groups excluding carboxylic acids is 1. The summed E-state index contributed by atoms with van der Waals surface area (Å²) in [5.74, 6) is -0.335. The molecule has 1 unspecified atom stereocenters. The van der Waals surface area contributed by atoms with Crippen LogP contribution >= 0.6 is 0 Å². The zero-order valence-electron chi connectivity index (χ0n) is 13.5. The number of hydrogen-bond acceptors (Lipinski definition) is 4. The Morgan fingerprint density at radius 3 is 2.65 bits per heavy atom. The topological polar surface area (TPSA) is 79.4 Å². The molecule has 0 fully saturated rings. The van der Waals surface area contributed by atoms with Gasteiger partial charge in [0.1, 0.15) is 6.54 Å². The van der Waals surface area contributed by atoms with Crippen molar-refractivity contribution in [2.45, 2.75) is 26.3 Å². The molecule has 7 heteroatoms. The van der Waals surface area contributed by atoms with Gasteiger partial charge in [-0.3, -0.25) is 14.1 Å². The predicted octanol–water partition coefficient (Wildman–Crippen LogP) is 1.92. The van der Waals surface area contributed by atoms with Crippen LogP contribution in [-0.2, 0) is 14.8 Å². The lowest BCUT2D eigenvalue weighted by Crippen LogP contribution is -2.43. The number of rotatable bonds is 6. The van der Waals surface area contributed by atoms with Crippen molar-refractivity contribution < 1.29 is 13.2 Å². The molecule has 1 N–H and O–H groups in total. The zero-order valence-corrected chi connectivity index (χ0v) is 14.3. The van der Waals surface area contributed by atoms with Crippen molar-refractivity contribution >= 4 is 32.5 Å². The molecule has 1 aromatic heterocycles. The van der Waals surface area contributed by atoms with E-state index >= 15 is 0 Å². The number of amides is 1.